The van der Waals surface area contributed by atoms with Gasteiger partial charge in [-0.25, -0.2) is 0 Å². The molecule has 1 saturated heterocycles. The van der Waals surface area contributed by atoms with Gasteiger partial charge in [0.25, 0.3) is 0 Å². The van der Waals surface area contributed by atoms with Crippen molar-refractivity contribution in [2.45, 2.75) is 31.7 Å². The van der Waals surface area contributed by atoms with Gasteiger partial charge in [0.05, 0.1) is 19.0 Å². The number of carbonyl (C=O) groups is 2. The first-order chi connectivity index (χ1) is 9.13. The quantitative estimate of drug-likeness (QED) is 0.693. The maximum absolute atomic E-state index is 11.7. The Labute approximate surface area is 112 Å². The molecular formula is C13H19N3O3. The van der Waals surface area contributed by atoms with E-state index in [1.54, 1.807) is 4.90 Å². The van der Waals surface area contributed by atoms with E-state index in [-0.39, 0.29) is 24.8 Å². The van der Waals surface area contributed by atoms with Crippen LogP contribution in [0.2, 0.25) is 0 Å². The number of likely N-dealkylation sites (tertiary alicyclic amines) is 1. The van der Waals surface area contributed by atoms with E-state index in [2.05, 4.69) is 5.32 Å². The standard InChI is InChI=1S/C13H19N3O3/c14-5-2-6-15-11(17)8-16-7-9-3-1-4-10(9)12(16)13(18)19/h9-10,12H,1-4,6-8H2,(H,15,17)(H,18,19). The summed E-state index contributed by atoms with van der Waals surface area (Å²) in [7, 11) is 0. The number of rotatable bonds is 5. The minimum atomic E-state index is -0.820. The zero-order valence-electron chi connectivity index (χ0n) is 10.8. The van der Waals surface area contributed by atoms with Crippen LogP contribution in [0.15, 0.2) is 0 Å². The molecule has 19 heavy (non-hydrogen) atoms. The molecular weight excluding hydrogens is 246 g/mol. The van der Waals surface area contributed by atoms with Crippen LogP contribution in [0.3, 0.4) is 0 Å². The summed E-state index contributed by atoms with van der Waals surface area (Å²) in [5.74, 6) is -0.391. The second-order valence-corrected chi connectivity index (χ2v) is 5.33. The van der Waals surface area contributed by atoms with Crippen molar-refractivity contribution in [1.29, 1.82) is 5.26 Å². The molecule has 104 valence electrons. The average Bonchev–Trinajstić information content (AvgIpc) is 2.88. The molecule has 3 unspecified atom stereocenters. The molecule has 0 spiro atoms. The van der Waals surface area contributed by atoms with Crippen LogP contribution in [-0.2, 0) is 9.59 Å². The van der Waals surface area contributed by atoms with Crippen LogP contribution >= 0.6 is 0 Å². The van der Waals surface area contributed by atoms with Crippen LogP contribution in [0.4, 0.5) is 0 Å². The summed E-state index contributed by atoms with van der Waals surface area (Å²) in [5, 5.41) is 20.4. The van der Waals surface area contributed by atoms with Crippen molar-refractivity contribution in [3.63, 3.8) is 0 Å². The van der Waals surface area contributed by atoms with Crippen molar-refractivity contribution < 1.29 is 14.7 Å². The van der Waals surface area contributed by atoms with Gasteiger partial charge in [0, 0.05) is 13.1 Å². The second kappa shape index (κ2) is 6.02. The summed E-state index contributed by atoms with van der Waals surface area (Å²) in [5.41, 5.74) is 0. The van der Waals surface area contributed by atoms with E-state index in [0.29, 0.717) is 19.0 Å². The van der Waals surface area contributed by atoms with Gasteiger partial charge in [-0.3, -0.25) is 14.5 Å². The van der Waals surface area contributed by atoms with Crippen molar-refractivity contribution >= 4 is 11.9 Å². The number of aliphatic carboxylic acids is 1. The smallest absolute Gasteiger partial charge is 0.321 e. The van der Waals surface area contributed by atoms with E-state index in [0.717, 1.165) is 19.3 Å². The van der Waals surface area contributed by atoms with Gasteiger partial charge in [-0.15, -0.1) is 0 Å². The number of carboxylic acid groups (broad SMARTS) is 1. The third-order valence-corrected chi connectivity index (χ3v) is 4.14. The molecule has 0 aromatic heterocycles. The van der Waals surface area contributed by atoms with Gasteiger partial charge in [-0.2, -0.15) is 5.26 Å². The number of nitrogens with zero attached hydrogens (tertiary/aromatic N) is 2. The minimum absolute atomic E-state index is 0.120. The van der Waals surface area contributed by atoms with E-state index < -0.39 is 12.0 Å². The maximum atomic E-state index is 11.7. The van der Waals surface area contributed by atoms with Gasteiger partial charge < -0.3 is 10.4 Å². The second-order valence-electron chi connectivity index (χ2n) is 5.33. The van der Waals surface area contributed by atoms with Crippen molar-refractivity contribution in [1.82, 2.24) is 10.2 Å². The van der Waals surface area contributed by atoms with E-state index in [9.17, 15) is 14.7 Å². The summed E-state index contributed by atoms with van der Waals surface area (Å²) in [6.45, 7) is 1.15. The maximum Gasteiger partial charge on any atom is 0.321 e. The summed E-state index contributed by atoms with van der Waals surface area (Å²) in [6.07, 6.45) is 3.40. The van der Waals surface area contributed by atoms with Crippen LogP contribution in [0, 0.1) is 23.2 Å². The molecule has 0 bridgehead atoms. The van der Waals surface area contributed by atoms with Crippen LogP contribution in [-0.4, -0.2) is 47.6 Å². The summed E-state index contributed by atoms with van der Waals surface area (Å²) in [4.78, 5) is 24.9. The van der Waals surface area contributed by atoms with Crippen molar-refractivity contribution in [2.24, 2.45) is 11.8 Å². The first-order valence-corrected chi connectivity index (χ1v) is 6.74. The predicted molar refractivity (Wildman–Crippen MR) is 67.1 cm³/mol. The fourth-order valence-electron chi connectivity index (χ4n) is 3.39. The number of fused-ring (bicyclic) bond motifs is 1. The molecule has 2 N–H and O–H groups in total. The Morgan fingerprint density at radius 3 is 2.89 bits per heavy atom. The number of hydrogen-bond acceptors (Lipinski definition) is 4. The Morgan fingerprint density at radius 2 is 2.21 bits per heavy atom. The number of carbonyl (C=O) groups excluding carboxylic acids is 1. The molecule has 1 aliphatic carbocycles. The lowest BCUT2D eigenvalue weighted by molar-refractivity contribution is -0.144. The largest absolute Gasteiger partial charge is 0.480 e. The minimum Gasteiger partial charge on any atom is -0.480 e. The first kappa shape index (κ1) is 13.8. The van der Waals surface area contributed by atoms with Gasteiger partial charge in [-0.1, -0.05) is 6.42 Å². The zero-order valence-corrected chi connectivity index (χ0v) is 10.8. The third kappa shape index (κ3) is 3.04. The first-order valence-electron chi connectivity index (χ1n) is 6.74. The lowest BCUT2D eigenvalue weighted by Crippen LogP contribution is -2.45. The monoisotopic (exact) mass is 265 g/mol. The van der Waals surface area contributed by atoms with Crippen molar-refractivity contribution in [3.8, 4) is 6.07 Å². The molecule has 0 aromatic rings. The average molecular weight is 265 g/mol. The Balaban J connectivity index is 1.90. The topological polar surface area (TPSA) is 93.4 Å². The molecule has 0 aromatic carbocycles. The highest BCUT2D eigenvalue weighted by atomic mass is 16.4. The van der Waals surface area contributed by atoms with Crippen LogP contribution in [0.1, 0.15) is 25.7 Å². The molecule has 2 aliphatic rings. The van der Waals surface area contributed by atoms with Crippen LogP contribution < -0.4 is 5.32 Å². The number of amides is 1. The van der Waals surface area contributed by atoms with Crippen molar-refractivity contribution in [2.75, 3.05) is 19.6 Å². The van der Waals surface area contributed by atoms with Gasteiger partial charge in [-0.05, 0) is 24.7 Å². The molecule has 0 radical (unpaired) electrons. The zero-order chi connectivity index (χ0) is 13.8. The number of nitriles is 1. The molecule has 6 heteroatoms. The lowest BCUT2D eigenvalue weighted by Gasteiger charge is -2.23. The summed E-state index contributed by atoms with van der Waals surface area (Å²) in [6, 6.07) is 1.43. The normalized spacial score (nSPS) is 29.7. The molecule has 2 fully saturated rings. The fourth-order valence-corrected chi connectivity index (χ4v) is 3.39. The lowest BCUT2D eigenvalue weighted by atomic mass is 9.94. The highest BCUT2D eigenvalue weighted by molar-refractivity contribution is 5.80. The van der Waals surface area contributed by atoms with E-state index in [4.69, 9.17) is 5.26 Å². The Kier molecular flexibility index (Phi) is 4.38. The number of hydrogen-bond donors (Lipinski definition) is 2. The third-order valence-electron chi connectivity index (χ3n) is 4.14. The molecule has 2 rings (SSSR count). The fraction of sp³-hybridized carbons (Fsp3) is 0.769. The molecule has 1 amide bonds. The number of carboxylic acids is 1. The summed E-state index contributed by atoms with van der Waals surface area (Å²) < 4.78 is 0. The van der Waals surface area contributed by atoms with Crippen LogP contribution in [0.25, 0.3) is 0 Å². The Hall–Kier alpha value is -1.61. The van der Waals surface area contributed by atoms with Crippen LogP contribution in [0.5, 0.6) is 0 Å². The SMILES string of the molecule is N#CCCNC(=O)CN1CC2CCCC2C1C(=O)O. The van der Waals surface area contributed by atoms with Gasteiger partial charge in [0.1, 0.15) is 6.04 Å². The van der Waals surface area contributed by atoms with Gasteiger partial charge in [0.2, 0.25) is 5.91 Å². The Bertz CT molecular complexity index is 404. The molecule has 1 saturated carbocycles. The molecule has 6 nitrogen and oxygen atoms in total. The van der Waals surface area contributed by atoms with E-state index >= 15 is 0 Å². The number of nitrogens with one attached hydrogen (secondary N) is 1. The molecule has 1 aliphatic heterocycles. The summed E-state index contributed by atoms with van der Waals surface area (Å²) >= 11 is 0. The van der Waals surface area contributed by atoms with E-state index in [1.807, 2.05) is 6.07 Å². The Morgan fingerprint density at radius 1 is 1.42 bits per heavy atom. The molecule has 3 atom stereocenters. The highest BCUT2D eigenvalue weighted by Gasteiger charge is 2.47. The molecule has 1 heterocycles. The van der Waals surface area contributed by atoms with Gasteiger partial charge >= 0.3 is 5.97 Å². The predicted octanol–water partition coefficient (Wildman–Crippen LogP) is 0.201. The highest BCUT2D eigenvalue weighted by Crippen LogP contribution is 2.41. The van der Waals surface area contributed by atoms with Crippen molar-refractivity contribution in [3.05, 3.63) is 0 Å². The van der Waals surface area contributed by atoms with E-state index in [1.165, 1.54) is 0 Å². The van der Waals surface area contributed by atoms with Gasteiger partial charge in [0.15, 0.2) is 0 Å².